The molecule has 0 aliphatic heterocycles. The zero-order valence-electron chi connectivity index (χ0n) is 15.2. The molecule has 3 rings (SSSR count). The predicted molar refractivity (Wildman–Crippen MR) is 107 cm³/mol. The van der Waals surface area contributed by atoms with Crippen LogP contribution in [0.5, 0.6) is 5.75 Å². The van der Waals surface area contributed by atoms with Crippen LogP contribution < -0.4 is 11.3 Å². The van der Waals surface area contributed by atoms with Crippen LogP contribution in [-0.2, 0) is 13.0 Å². The Hall–Kier alpha value is -3.40. The van der Waals surface area contributed by atoms with Crippen molar-refractivity contribution in [3.8, 4) is 17.6 Å². The van der Waals surface area contributed by atoms with Gasteiger partial charge < -0.3 is 20.9 Å². The lowest BCUT2D eigenvalue weighted by Gasteiger charge is -2.14. The molecule has 28 heavy (non-hydrogen) atoms. The average molecular weight is 375 g/mol. The third-order valence-electron chi connectivity index (χ3n) is 4.49. The van der Waals surface area contributed by atoms with Gasteiger partial charge in [0.2, 0.25) is 5.75 Å². The molecule has 6 heteroatoms. The van der Waals surface area contributed by atoms with Gasteiger partial charge in [0.1, 0.15) is 0 Å². The lowest BCUT2D eigenvalue weighted by atomic mass is 9.94. The van der Waals surface area contributed by atoms with Gasteiger partial charge in [0.25, 0.3) is 5.56 Å². The third-order valence-corrected chi connectivity index (χ3v) is 4.49. The van der Waals surface area contributed by atoms with Gasteiger partial charge in [-0.1, -0.05) is 36.1 Å². The van der Waals surface area contributed by atoms with Crippen LogP contribution in [-0.4, -0.2) is 26.8 Å². The molecule has 0 fully saturated rings. The summed E-state index contributed by atoms with van der Waals surface area (Å²) in [6, 6.07) is 15.3. The highest BCUT2D eigenvalue weighted by Crippen LogP contribution is 2.22. The second-order valence-corrected chi connectivity index (χ2v) is 6.38. The fraction of sp³-hybridized carbons (Fsp3) is 0.182. The van der Waals surface area contributed by atoms with E-state index < -0.39 is 11.3 Å². The van der Waals surface area contributed by atoms with Crippen LogP contribution >= 0.6 is 0 Å². The van der Waals surface area contributed by atoms with Crippen molar-refractivity contribution in [3.05, 3.63) is 93.2 Å². The second kappa shape index (κ2) is 9.00. The van der Waals surface area contributed by atoms with Gasteiger partial charge in [-0.3, -0.25) is 4.79 Å². The third kappa shape index (κ3) is 4.65. The summed E-state index contributed by atoms with van der Waals surface area (Å²) in [5.41, 5.74) is 8.95. The zero-order chi connectivity index (χ0) is 19.9. The molecule has 0 saturated heterocycles. The molecule has 0 aliphatic carbocycles. The van der Waals surface area contributed by atoms with Crippen LogP contribution in [0.4, 0.5) is 0 Å². The van der Waals surface area contributed by atoms with E-state index in [0.29, 0.717) is 6.54 Å². The summed E-state index contributed by atoms with van der Waals surface area (Å²) in [7, 11) is 0. The van der Waals surface area contributed by atoms with Crippen LogP contribution in [0.15, 0.2) is 59.7 Å². The minimum absolute atomic E-state index is 0.133. The van der Waals surface area contributed by atoms with Gasteiger partial charge in [0, 0.05) is 30.0 Å². The monoisotopic (exact) mass is 375 g/mol. The van der Waals surface area contributed by atoms with E-state index in [9.17, 15) is 15.0 Å². The maximum Gasteiger partial charge on any atom is 0.293 e. The average Bonchev–Trinajstić information content (AvgIpc) is 2.74. The summed E-state index contributed by atoms with van der Waals surface area (Å²) in [4.78, 5) is 17.8. The molecule has 5 N–H and O–H groups in total. The van der Waals surface area contributed by atoms with E-state index in [2.05, 4.69) is 21.8 Å². The van der Waals surface area contributed by atoms with Gasteiger partial charge in [-0.05, 0) is 35.4 Å². The Labute approximate surface area is 162 Å². The number of aromatic nitrogens is 2. The Bertz CT molecular complexity index is 1050. The second-order valence-electron chi connectivity index (χ2n) is 6.38. The first kappa shape index (κ1) is 19.4. The molecule has 0 radical (unpaired) electrons. The van der Waals surface area contributed by atoms with Gasteiger partial charge in [0.05, 0.1) is 18.6 Å². The number of nitrogens with one attached hydrogen (secondary N) is 1. The summed E-state index contributed by atoms with van der Waals surface area (Å²) in [6.45, 7) is 0.373. The van der Waals surface area contributed by atoms with E-state index in [1.807, 2.05) is 48.5 Å². The van der Waals surface area contributed by atoms with Crippen molar-refractivity contribution in [2.45, 2.75) is 18.9 Å². The summed E-state index contributed by atoms with van der Waals surface area (Å²) in [5.74, 6) is 5.52. The van der Waals surface area contributed by atoms with Crippen LogP contribution in [0.25, 0.3) is 0 Å². The van der Waals surface area contributed by atoms with Crippen molar-refractivity contribution in [1.82, 2.24) is 9.97 Å². The van der Waals surface area contributed by atoms with E-state index in [0.717, 1.165) is 22.3 Å². The Morgan fingerprint density at radius 1 is 1.04 bits per heavy atom. The Kier molecular flexibility index (Phi) is 6.22. The maximum absolute atomic E-state index is 11.5. The van der Waals surface area contributed by atoms with Crippen LogP contribution in [0.1, 0.15) is 33.9 Å². The normalized spacial score (nSPS) is 11.5. The van der Waals surface area contributed by atoms with E-state index >= 15 is 0 Å². The number of benzene rings is 2. The first-order chi connectivity index (χ1) is 13.6. The van der Waals surface area contributed by atoms with Gasteiger partial charge in [-0.25, -0.2) is 4.98 Å². The minimum Gasteiger partial charge on any atom is -0.502 e. The van der Waals surface area contributed by atoms with Gasteiger partial charge in [0.15, 0.2) is 0 Å². The molecule has 142 valence electrons. The van der Waals surface area contributed by atoms with Crippen molar-refractivity contribution < 1.29 is 10.2 Å². The number of aromatic hydroxyl groups is 1. The van der Waals surface area contributed by atoms with Crippen LogP contribution in [0.3, 0.4) is 0 Å². The molecule has 0 saturated carbocycles. The molecular weight excluding hydrogens is 354 g/mol. The zero-order valence-corrected chi connectivity index (χ0v) is 15.2. The molecule has 0 spiro atoms. The highest BCUT2D eigenvalue weighted by Gasteiger charge is 2.16. The molecule has 0 aliphatic rings. The first-order valence-corrected chi connectivity index (χ1v) is 8.88. The van der Waals surface area contributed by atoms with E-state index in [4.69, 9.17) is 5.73 Å². The summed E-state index contributed by atoms with van der Waals surface area (Å²) in [6.07, 6.45) is 1.50. The van der Waals surface area contributed by atoms with E-state index in [-0.39, 0.29) is 24.6 Å². The maximum atomic E-state index is 11.5. The number of hydrogen-bond acceptors (Lipinski definition) is 5. The topological polar surface area (TPSA) is 112 Å². The number of aromatic amines is 1. The standard InChI is InChI=1S/C22H21N3O3/c23-12-17-5-3-15(4-6-17)1-2-16-7-9-18(10-8-16)19(13-26)11-20-21(27)22(28)25-14-24-20/h3-10,14,19,26-27H,11-13,23H2,(H,24,25,28). The molecular formula is C22H21N3O3. The Morgan fingerprint density at radius 2 is 1.64 bits per heavy atom. The highest BCUT2D eigenvalue weighted by atomic mass is 16.3. The summed E-state index contributed by atoms with van der Waals surface area (Å²) < 4.78 is 0. The lowest BCUT2D eigenvalue weighted by molar-refractivity contribution is 0.263. The molecule has 2 aromatic carbocycles. The van der Waals surface area contributed by atoms with Crippen molar-refractivity contribution in [3.63, 3.8) is 0 Å². The number of hydrogen-bond donors (Lipinski definition) is 4. The number of H-pyrrole nitrogens is 1. The predicted octanol–water partition coefficient (Wildman–Crippen LogP) is 1.65. The molecule has 6 nitrogen and oxygen atoms in total. The highest BCUT2D eigenvalue weighted by molar-refractivity contribution is 5.44. The molecule has 0 amide bonds. The van der Waals surface area contributed by atoms with Crippen LogP contribution in [0, 0.1) is 11.8 Å². The molecule has 1 heterocycles. The van der Waals surface area contributed by atoms with Gasteiger partial charge in [-0.2, -0.15) is 0 Å². The number of nitrogens with two attached hydrogens (primary N) is 1. The van der Waals surface area contributed by atoms with Crippen molar-refractivity contribution in [2.24, 2.45) is 5.73 Å². The molecule has 0 bridgehead atoms. The molecule has 1 aromatic heterocycles. The summed E-state index contributed by atoms with van der Waals surface area (Å²) in [5, 5.41) is 19.6. The van der Waals surface area contributed by atoms with Crippen molar-refractivity contribution >= 4 is 0 Å². The van der Waals surface area contributed by atoms with Gasteiger partial charge >= 0.3 is 0 Å². The molecule has 3 aromatic rings. The smallest absolute Gasteiger partial charge is 0.293 e. The Morgan fingerprint density at radius 3 is 2.21 bits per heavy atom. The quantitative estimate of drug-likeness (QED) is 0.507. The molecule has 1 atom stereocenters. The van der Waals surface area contributed by atoms with Crippen LogP contribution in [0.2, 0.25) is 0 Å². The number of nitrogens with zero attached hydrogens (tertiary/aromatic N) is 1. The molecule has 1 unspecified atom stereocenters. The number of aliphatic hydroxyl groups is 1. The SMILES string of the molecule is NCc1ccc(C#Cc2ccc(C(CO)Cc3nc[nH]c(=O)c3O)cc2)cc1. The fourth-order valence-electron chi connectivity index (χ4n) is 2.81. The number of aliphatic hydroxyl groups excluding tert-OH is 1. The van der Waals surface area contributed by atoms with E-state index in [1.54, 1.807) is 0 Å². The first-order valence-electron chi connectivity index (χ1n) is 8.88. The van der Waals surface area contributed by atoms with Crippen molar-refractivity contribution in [1.29, 1.82) is 0 Å². The lowest BCUT2D eigenvalue weighted by Crippen LogP contribution is -2.14. The van der Waals surface area contributed by atoms with Gasteiger partial charge in [-0.15, -0.1) is 0 Å². The minimum atomic E-state index is -0.591. The Balaban J connectivity index is 1.74. The fourth-order valence-corrected chi connectivity index (χ4v) is 2.81. The van der Waals surface area contributed by atoms with E-state index in [1.165, 1.54) is 6.33 Å². The largest absolute Gasteiger partial charge is 0.502 e. The van der Waals surface area contributed by atoms with Crippen molar-refractivity contribution in [2.75, 3.05) is 6.61 Å². The number of rotatable bonds is 5. The summed E-state index contributed by atoms with van der Waals surface area (Å²) >= 11 is 0.